The molecule has 1 saturated heterocycles. The van der Waals surface area contributed by atoms with Crippen LogP contribution in [0, 0.1) is 5.92 Å². The highest BCUT2D eigenvalue weighted by Gasteiger charge is 2.54. The monoisotopic (exact) mass is 374 g/mol. The van der Waals surface area contributed by atoms with E-state index < -0.39 is 0 Å². The first-order valence-electron chi connectivity index (χ1n) is 8.32. The van der Waals surface area contributed by atoms with E-state index in [0.717, 1.165) is 12.1 Å². The highest BCUT2D eigenvalue weighted by atomic mass is 32.2. The number of nitrogens with zero attached hydrogens (tertiary/aromatic N) is 1. The van der Waals surface area contributed by atoms with E-state index in [4.69, 9.17) is 0 Å². The minimum Gasteiger partial charge on any atom is -0.332 e. The number of carbonyl (C=O) groups excluding carboxylic acids is 2. The van der Waals surface area contributed by atoms with Gasteiger partial charge in [0, 0.05) is 40.3 Å². The molecule has 3 atom stereocenters. The van der Waals surface area contributed by atoms with Crippen LogP contribution in [0.5, 0.6) is 0 Å². The maximum absolute atomic E-state index is 12.6. The molecular weight excluding hydrogens is 352 g/mol. The van der Waals surface area contributed by atoms with Crippen LogP contribution in [0.4, 0.5) is 0 Å². The van der Waals surface area contributed by atoms with Crippen LogP contribution < -0.4 is 5.32 Å². The van der Waals surface area contributed by atoms with Crippen molar-refractivity contribution in [3.8, 4) is 0 Å². The number of carbonyl (C=O) groups is 2. The Balaban J connectivity index is 1.61. The average molecular weight is 375 g/mol. The number of rotatable bonds is 6. The van der Waals surface area contributed by atoms with E-state index in [1.54, 1.807) is 29.7 Å². The van der Waals surface area contributed by atoms with Gasteiger partial charge in [-0.05, 0) is 24.5 Å². The van der Waals surface area contributed by atoms with Crippen molar-refractivity contribution in [2.24, 2.45) is 5.92 Å². The third kappa shape index (κ3) is 3.80. The van der Waals surface area contributed by atoms with Gasteiger partial charge in [-0.3, -0.25) is 9.59 Å². The van der Waals surface area contributed by atoms with Crippen molar-refractivity contribution in [3.63, 3.8) is 0 Å². The molecule has 2 heterocycles. The first-order chi connectivity index (χ1) is 12.0. The first-order valence-corrected chi connectivity index (χ1v) is 10.1. The molecule has 0 saturated carbocycles. The molecule has 0 radical (unpaired) electrons. The van der Waals surface area contributed by atoms with Crippen molar-refractivity contribution < 1.29 is 9.59 Å². The first kappa shape index (κ1) is 18.1. The lowest BCUT2D eigenvalue weighted by Gasteiger charge is -2.46. The van der Waals surface area contributed by atoms with E-state index >= 15 is 0 Å². The molecule has 0 unspecified atom stereocenters. The summed E-state index contributed by atoms with van der Waals surface area (Å²) in [5, 5.41) is 4.76. The van der Waals surface area contributed by atoms with Crippen LogP contribution in [0.3, 0.4) is 0 Å². The number of hydrogen-bond acceptors (Lipinski definition) is 4. The Morgan fingerprint density at radius 3 is 2.76 bits per heavy atom. The smallest absolute Gasteiger partial charge is 0.233 e. The van der Waals surface area contributed by atoms with Gasteiger partial charge in [0.1, 0.15) is 0 Å². The number of nitrogens with one attached hydrogen (secondary N) is 1. The molecule has 132 valence electrons. The summed E-state index contributed by atoms with van der Waals surface area (Å²) in [6.45, 7) is 5.64. The SMILES string of the molecule is CC(=O)NC=CSC1=C(C)N2C(=O)[C@H]([C@@H](C)Sc3ccccc3)[C@H]2C1. The predicted molar refractivity (Wildman–Crippen MR) is 104 cm³/mol. The number of allylic oxidation sites excluding steroid dienone is 1. The molecule has 1 aromatic rings. The molecule has 1 aromatic carbocycles. The van der Waals surface area contributed by atoms with Gasteiger partial charge >= 0.3 is 0 Å². The fourth-order valence-electron chi connectivity index (χ4n) is 3.37. The third-order valence-corrected chi connectivity index (χ3v) is 6.79. The van der Waals surface area contributed by atoms with Crippen molar-refractivity contribution in [2.45, 2.75) is 43.4 Å². The second-order valence-electron chi connectivity index (χ2n) is 6.27. The summed E-state index contributed by atoms with van der Waals surface area (Å²) in [7, 11) is 0. The lowest BCUT2D eigenvalue weighted by atomic mass is 9.85. The van der Waals surface area contributed by atoms with Gasteiger partial charge in [-0.1, -0.05) is 36.9 Å². The number of fused-ring (bicyclic) bond motifs is 1. The third-order valence-electron chi connectivity index (χ3n) is 4.56. The number of amides is 2. The van der Waals surface area contributed by atoms with Gasteiger partial charge in [0.05, 0.1) is 12.0 Å². The standard InChI is InChI=1S/C19H22N2O2S2/c1-12-17(24-10-9-20-14(3)22)11-16-18(19(23)21(12)16)13(2)25-15-7-5-4-6-8-15/h4-10,13,16,18H,11H2,1-3H3,(H,20,22)/t13-,16-,18-/m1/s1. The molecule has 1 fully saturated rings. The van der Waals surface area contributed by atoms with Gasteiger partial charge in [-0.25, -0.2) is 0 Å². The molecule has 2 aliphatic rings. The maximum Gasteiger partial charge on any atom is 0.233 e. The summed E-state index contributed by atoms with van der Waals surface area (Å²) < 4.78 is 0. The molecule has 0 aliphatic carbocycles. The molecule has 0 bridgehead atoms. The van der Waals surface area contributed by atoms with Gasteiger partial charge in [0.2, 0.25) is 11.8 Å². The number of hydrogen-bond donors (Lipinski definition) is 1. The van der Waals surface area contributed by atoms with E-state index in [0.29, 0.717) is 0 Å². The number of benzene rings is 1. The summed E-state index contributed by atoms with van der Waals surface area (Å²) in [5.74, 6) is 0.220. The summed E-state index contributed by atoms with van der Waals surface area (Å²) in [5.41, 5.74) is 1.06. The van der Waals surface area contributed by atoms with E-state index in [-0.39, 0.29) is 29.0 Å². The molecule has 4 nitrogen and oxygen atoms in total. The van der Waals surface area contributed by atoms with Gasteiger partial charge in [0.25, 0.3) is 0 Å². The quantitative estimate of drug-likeness (QED) is 0.605. The topological polar surface area (TPSA) is 49.4 Å². The summed E-state index contributed by atoms with van der Waals surface area (Å²) in [6.07, 6.45) is 2.55. The van der Waals surface area contributed by atoms with Crippen LogP contribution in [0.1, 0.15) is 27.2 Å². The van der Waals surface area contributed by atoms with Crippen LogP contribution in [-0.2, 0) is 9.59 Å². The minimum absolute atomic E-state index is 0.0672. The van der Waals surface area contributed by atoms with Crippen LogP contribution in [-0.4, -0.2) is 28.0 Å². The molecule has 6 heteroatoms. The van der Waals surface area contributed by atoms with Crippen LogP contribution in [0.2, 0.25) is 0 Å². The summed E-state index contributed by atoms with van der Waals surface area (Å²) in [4.78, 5) is 27.9. The Hall–Kier alpha value is -1.66. The minimum atomic E-state index is -0.0835. The van der Waals surface area contributed by atoms with Crippen molar-refractivity contribution in [1.29, 1.82) is 0 Å². The molecule has 2 aliphatic heterocycles. The normalized spacial score (nSPS) is 23.6. The highest BCUT2D eigenvalue weighted by Crippen LogP contribution is 2.49. The summed E-state index contributed by atoms with van der Waals surface area (Å²) in [6, 6.07) is 10.5. The molecule has 3 rings (SSSR count). The maximum atomic E-state index is 12.6. The van der Waals surface area contributed by atoms with Gasteiger partial charge in [-0.2, -0.15) is 0 Å². The van der Waals surface area contributed by atoms with Crippen LogP contribution in [0.15, 0.2) is 57.4 Å². The second kappa shape index (κ2) is 7.70. The van der Waals surface area contributed by atoms with Crippen molar-refractivity contribution in [1.82, 2.24) is 10.2 Å². The van der Waals surface area contributed by atoms with E-state index in [2.05, 4.69) is 24.4 Å². The Morgan fingerprint density at radius 2 is 2.08 bits per heavy atom. The highest BCUT2D eigenvalue weighted by molar-refractivity contribution is 8.05. The Bertz CT molecular complexity index is 730. The largest absolute Gasteiger partial charge is 0.332 e. The van der Waals surface area contributed by atoms with Crippen LogP contribution in [0.25, 0.3) is 0 Å². The van der Waals surface area contributed by atoms with Crippen LogP contribution >= 0.6 is 23.5 Å². The van der Waals surface area contributed by atoms with E-state index in [9.17, 15) is 9.59 Å². The zero-order valence-corrected chi connectivity index (χ0v) is 16.2. The summed E-state index contributed by atoms with van der Waals surface area (Å²) >= 11 is 3.36. The Labute approximate surface area is 157 Å². The molecular formula is C19H22N2O2S2. The predicted octanol–water partition coefficient (Wildman–Crippen LogP) is 3.97. The lowest BCUT2D eigenvalue weighted by molar-refractivity contribution is -0.150. The molecule has 25 heavy (non-hydrogen) atoms. The Morgan fingerprint density at radius 1 is 1.36 bits per heavy atom. The second-order valence-corrected chi connectivity index (χ2v) is 8.72. The zero-order valence-electron chi connectivity index (χ0n) is 14.6. The van der Waals surface area contributed by atoms with Gasteiger partial charge < -0.3 is 10.2 Å². The van der Waals surface area contributed by atoms with Gasteiger partial charge in [-0.15, -0.1) is 11.8 Å². The van der Waals surface area contributed by atoms with Crippen molar-refractivity contribution in [3.05, 3.63) is 52.5 Å². The zero-order chi connectivity index (χ0) is 18.0. The fourth-order valence-corrected chi connectivity index (χ4v) is 5.40. The van der Waals surface area contributed by atoms with Gasteiger partial charge in [0.15, 0.2) is 0 Å². The van der Waals surface area contributed by atoms with Crippen molar-refractivity contribution >= 4 is 35.3 Å². The number of β-lactam (4-membered cyclic amide) rings is 1. The van der Waals surface area contributed by atoms with E-state index in [1.165, 1.54) is 16.7 Å². The van der Waals surface area contributed by atoms with E-state index in [1.807, 2.05) is 35.4 Å². The fraction of sp³-hybridized carbons (Fsp3) is 0.368. The molecule has 1 N–H and O–H groups in total. The lowest BCUT2D eigenvalue weighted by Crippen LogP contribution is -2.60. The molecule has 2 amide bonds. The average Bonchev–Trinajstić information content (AvgIpc) is 2.84. The number of thioether (sulfide) groups is 2. The Kier molecular flexibility index (Phi) is 5.59. The van der Waals surface area contributed by atoms with Crippen molar-refractivity contribution in [2.75, 3.05) is 0 Å². The molecule has 0 spiro atoms. The molecule has 0 aromatic heterocycles.